The van der Waals surface area contributed by atoms with Crippen LogP contribution in [0.25, 0.3) is 0 Å². The highest BCUT2D eigenvalue weighted by atomic mass is 16.7. The van der Waals surface area contributed by atoms with E-state index in [1.807, 2.05) is 12.1 Å². The molecule has 5 heteroatoms. The molecule has 0 saturated carbocycles. The zero-order chi connectivity index (χ0) is 27.8. The largest absolute Gasteiger partial charge is 0.494 e. The van der Waals surface area contributed by atoms with E-state index in [1.54, 1.807) is 0 Å². The van der Waals surface area contributed by atoms with Crippen molar-refractivity contribution in [1.82, 2.24) is 0 Å². The lowest BCUT2D eigenvalue weighted by atomic mass is 9.95. The van der Waals surface area contributed by atoms with Gasteiger partial charge >= 0.3 is 0 Å². The highest BCUT2D eigenvalue weighted by Gasteiger charge is 2.38. The minimum atomic E-state index is -0.350. The minimum absolute atomic E-state index is 0.0428. The molecule has 0 aliphatic carbocycles. The molecule has 2 aliphatic heterocycles. The molecule has 0 aromatic heterocycles. The Morgan fingerprint density at radius 3 is 1.70 bits per heavy atom. The molecule has 0 bridgehead atoms. The van der Waals surface area contributed by atoms with Crippen molar-refractivity contribution in [3.05, 3.63) is 59.7 Å². The van der Waals surface area contributed by atoms with E-state index in [9.17, 15) is 0 Å². The number of fused-ring (bicyclic) bond motifs is 1. The Morgan fingerprint density at radius 2 is 1.10 bits per heavy atom. The third-order valence-corrected chi connectivity index (χ3v) is 8.11. The maximum absolute atomic E-state index is 6.43. The fourth-order valence-electron chi connectivity index (χ4n) is 5.62. The highest BCUT2D eigenvalue weighted by Crippen LogP contribution is 2.39. The summed E-state index contributed by atoms with van der Waals surface area (Å²) < 4.78 is 30.7. The molecule has 0 amide bonds. The molecule has 2 fully saturated rings. The van der Waals surface area contributed by atoms with E-state index in [0.29, 0.717) is 6.61 Å². The van der Waals surface area contributed by atoms with Gasteiger partial charge in [-0.05, 0) is 55.5 Å². The van der Waals surface area contributed by atoms with Gasteiger partial charge in [0.15, 0.2) is 6.29 Å². The molecule has 0 spiro atoms. The summed E-state index contributed by atoms with van der Waals surface area (Å²) in [6, 6.07) is 16.6. The summed E-state index contributed by atoms with van der Waals surface area (Å²) in [5.74, 6) is 1.85. The van der Waals surface area contributed by atoms with Gasteiger partial charge < -0.3 is 23.7 Å². The van der Waals surface area contributed by atoms with E-state index in [-0.39, 0.29) is 24.6 Å². The van der Waals surface area contributed by atoms with E-state index in [0.717, 1.165) is 56.0 Å². The number of hydrogen-bond donors (Lipinski definition) is 0. The molecule has 40 heavy (non-hydrogen) atoms. The number of hydrogen-bond acceptors (Lipinski definition) is 5. The highest BCUT2D eigenvalue weighted by molar-refractivity contribution is 5.29. The molecule has 0 N–H and O–H groups in total. The zero-order valence-corrected chi connectivity index (χ0v) is 25.0. The van der Waals surface area contributed by atoms with Crippen LogP contribution in [0, 0.1) is 0 Å². The maximum Gasteiger partial charge on any atom is 0.184 e. The standard InChI is InChI=1S/C35H52O5/c1-3-5-7-9-10-11-12-14-26-37-31-21-17-29(18-22-31)35-38-27-34-33(40-35)24-23-32(39-34)28-15-19-30(20-16-28)36-25-13-8-6-4-2/h15-22,32-35H,3-14,23-27H2,1-2H3/t32-,33+,34-,35-/m1/s1. The second-order valence-corrected chi connectivity index (χ2v) is 11.5. The van der Waals surface area contributed by atoms with Gasteiger partial charge in [-0.25, -0.2) is 0 Å². The number of ether oxygens (including phenoxy) is 5. The minimum Gasteiger partial charge on any atom is -0.494 e. The smallest absolute Gasteiger partial charge is 0.184 e. The first-order valence-electron chi connectivity index (χ1n) is 16.1. The van der Waals surface area contributed by atoms with Crippen molar-refractivity contribution in [2.75, 3.05) is 19.8 Å². The summed E-state index contributed by atoms with van der Waals surface area (Å²) in [5, 5.41) is 0. The fraction of sp³-hybridized carbons (Fsp3) is 0.657. The van der Waals surface area contributed by atoms with Gasteiger partial charge in [0.25, 0.3) is 0 Å². The number of unbranched alkanes of at least 4 members (excludes halogenated alkanes) is 10. The number of rotatable bonds is 18. The number of benzene rings is 2. The molecular weight excluding hydrogens is 500 g/mol. The Kier molecular flexibility index (Phi) is 13.6. The van der Waals surface area contributed by atoms with Crippen molar-refractivity contribution in [1.29, 1.82) is 0 Å². The third-order valence-electron chi connectivity index (χ3n) is 8.11. The van der Waals surface area contributed by atoms with E-state index >= 15 is 0 Å². The summed E-state index contributed by atoms with van der Waals surface area (Å²) in [6.07, 6.45) is 17.0. The fourth-order valence-corrected chi connectivity index (χ4v) is 5.62. The van der Waals surface area contributed by atoms with Crippen LogP contribution in [0.5, 0.6) is 11.5 Å². The Bertz CT molecular complexity index is 928. The van der Waals surface area contributed by atoms with Gasteiger partial charge in [0.2, 0.25) is 0 Å². The zero-order valence-electron chi connectivity index (χ0n) is 25.0. The summed E-state index contributed by atoms with van der Waals surface area (Å²) in [7, 11) is 0. The molecule has 2 saturated heterocycles. The van der Waals surface area contributed by atoms with Crippen LogP contribution in [-0.4, -0.2) is 32.0 Å². The molecular formula is C35H52O5. The van der Waals surface area contributed by atoms with Gasteiger partial charge in [-0.3, -0.25) is 0 Å². The SMILES string of the molecule is CCCCCCCCCCOc1ccc([C@@H]2OC[C@H]3O[C@@H](c4ccc(OCCCCCC)cc4)CC[C@@H]3O2)cc1. The van der Waals surface area contributed by atoms with Crippen molar-refractivity contribution in [2.24, 2.45) is 0 Å². The second kappa shape index (κ2) is 17.7. The predicted molar refractivity (Wildman–Crippen MR) is 161 cm³/mol. The van der Waals surface area contributed by atoms with E-state index in [1.165, 1.54) is 69.8 Å². The first kappa shape index (κ1) is 30.9. The van der Waals surface area contributed by atoms with Crippen molar-refractivity contribution in [2.45, 2.75) is 128 Å². The van der Waals surface area contributed by atoms with Crippen LogP contribution in [0.3, 0.4) is 0 Å². The van der Waals surface area contributed by atoms with Crippen molar-refractivity contribution in [3.63, 3.8) is 0 Å². The van der Waals surface area contributed by atoms with Crippen LogP contribution in [0.15, 0.2) is 48.5 Å². The van der Waals surface area contributed by atoms with Crippen LogP contribution < -0.4 is 9.47 Å². The lowest BCUT2D eigenvalue weighted by molar-refractivity contribution is -0.289. The van der Waals surface area contributed by atoms with Gasteiger partial charge in [0, 0.05) is 5.56 Å². The van der Waals surface area contributed by atoms with Crippen LogP contribution in [-0.2, 0) is 14.2 Å². The molecule has 2 aliphatic rings. The van der Waals surface area contributed by atoms with Crippen LogP contribution in [0.2, 0.25) is 0 Å². The Morgan fingerprint density at radius 1 is 0.575 bits per heavy atom. The van der Waals surface area contributed by atoms with Gasteiger partial charge in [-0.15, -0.1) is 0 Å². The summed E-state index contributed by atoms with van der Waals surface area (Å²) in [4.78, 5) is 0. The molecule has 0 unspecified atom stereocenters. The molecule has 2 heterocycles. The molecule has 2 aromatic rings. The van der Waals surface area contributed by atoms with E-state index < -0.39 is 0 Å². The van der Waals surface area contributed by atoms with Crippen molar-refractivity contribution >= 4 is 0 Å². The average molecular weight is 553 g/mol. The van der Waals surface area contributed by atoms with Gasteiger partial charge in [0.1, 0.15) is 17.6 Å². The molecule has 0 radical (unpaired) electrons. The van der Waals surface area contributed by atoms with Crippen molar-refractivity contribution < 1.29 is 23.7 Å². The average Bonchev–Trinajstić information content (AvgIpc) is 3.00. The van der Waals surface area contributed by atoms with Crippen LogP contribution in [0.4, 0.5) is 0 Å². The topological polar surface area (TPSA) is 46.2 Å². The van der Waals surface area contributed by atoms with Crippen LogP contribution in [0.1, 0.15) is 127 Å². The lowest BCUT2D eigenvalue weighted by Crippen LogP contribution is -2.45. The van der Waals surface area contributed by atoms with Crippen molar-refractivity contribution in [3.8, 4) is 11.5 Å². The molecule has 4 atom stereocenters. The maximum atomic E-state index is 6.43. The second-order valence-electron chi connectivity index (χ2n) is 11.5. The third kappa shape index (κ3) is 10.1. The van der Waals surface area contributed by atoms with Gasteiger partial charge in [-0.1, -0.05) is 102 Å². The Labute approximate surface area is 242 Å². The predicted octanol–water partition coefficient (Wildman–Crippen LogP) is 9.50. The van der Waals surface area contributed by atoms with E-state index in [2.05, 4.69) is 50.2 Å². The summed E-state index contributed by atoms with van der Waals surface area (Å²) in [6.45, 7) is 6.60. The normalized spacial score (nSPS) is 22.6. The van der Waals surface area contributed by atoms with E-state index in [4.69, 9.17) is 23.7 Å². The van der Waals surface area contributed by atoms with Gasteiger partial charge in [-0.2, -0.15) is 0 Å². The lowest BCUT2D eigenvalue weighted by Gasteiger charge is -2.42. The summed E-state index contributed by atoms with van der Waals surface area (Å²) >= 11 is 0. The molecule has 5 nitrogen and oxygen atoms in total. The molecule has 222 valence electrons. The summed E-state index contributed by atoms with van der Waals surface area (Å²) in [5.41, 5.74) is 2.23. The monoisotopic (exact) mass is 552 g/mol. The van der Waals surface area contributed by atoms with Crippen LogP contribution >= 0.6 is 0 Å². The first-order valence-corrected chi connectivity index (χ1v) is 16.1. The molecule has 4 rings (SSSR count). The van der Waals surface area contributed by atoms with Gasteiger partial charge in [0.05, 0.1) is 32.0 Å². The quantitative estimate of drug-likeness (QED) is 0.172. The molecule has 2 aromatic carbocycles. The Balaban J connectivity index is 1.13. The Hall–Kier alpha value is -2.08. The first-order chi connectivity index (χ1) is 19.8.